The number of nitrogens with one attached hydrogen (secondary N) is 1. The van der Waals surface area contributed by atoms with Crippen molar-refractivity contribution in [1.29, 1.82) is 0 Å². The number of anilines is 1. The summed E-state index contributed by atoms with van der Waals surface area (Å²) in [7, 11) is 0. The number of aliphatic hydroxyl groups is 1. The fourth-order valence-electron chi connectivity index (χ4n) is 4.04. The lowest BCUT2D eigenvalue weighted by Gasteiger charge is -2.23. The number of carbonyl (C=O) groups excluding carboxylic acids is 1. The minimum Gasteiger partial charge on any atom is -0.372 e. The Bertz CT molecular complexity index is 1270. The van der Waals surface area contributed by atoms with Gasteiger partial charge >= 0.3 is 0 Å². The maximum Gasteiger partial charge on any atom is 0.268 e. The Morgan fingerprint density at radius 2 is 1.72 bits per heavy atom. The Kier molecular flexibility index (Phi) is 4.17. The monoisotopic (exact) mass is 422 g/mol. The van der Waals surface area contributed by atoms with E-state index in [9.17, 15) is 9.90 Å². The van der Waals surface area contributed by atoms with Crippen LogP contribution >= 0.6 is 23.2 Å². The topological polar surface area (TPSA) is 56.3 Å². The molecule has 29 heavy (non-hydrogen) atoms. The standard InChI is InChI=1S/C23H16Cl2N2O2/c24-15-10-9-14(19(25)11-15)13-27-21-8-4-2-6-17(21)23(29,22(27)28)18-12-26-20-7-3-1-5-16(18)20/h1-12,26,29H,13H2/t23-/m0/s1. The highest BCUT2D eigenvalue weighted by Gasteiger charge is 2.52. The molecule has 1 amide bonds. The van der Waals surface area contributed by atoms with Gasteiger partial charge in [-0.25, -0.2) is 0 Å². The number of hydrogen-bond donors (Lipinski definition) is 2. The molecule has 1 atom stereocenters. The van der Waals surface area contributed by atoms with Crippen LogP contribution in [0.25, 0.3) is 10.9 Å². The van der Waals surface area contributed by atoms with Gasteiger partial charge in [-0.05, 0) is 29.8 Å². The molecule has 3 aromatic carbocycles. The quantitative estimate of drug-likeness (QED) is 0.473. The van der Waals surface area contributed by atoms with E-state index in [2.05, 4.69) is 4.98 Å². The summed E-state index contributed by atoms with van der Waals surface area (Å²) in [4.78, 5) is 18.3. The summed E-state index contributed by atoms with van der Waals surface area (Å²) in [5.74, 6) is -0.408. The number of benzene rings is 3. The van der Waals surface area contributed by atoms with E-state index in [1.807, 2.05) is 42.5 Å². The molecule has 144 valence electrons. The van der Waals surface area contributed by atoms with Crippen molar-refractivity contribution in [2.24, 2.45) is 0 Å². The predicted octanol–water partition coefficient (Wildman–Crippen LogP) is 5.26. The average Bonchev–Trinajstić information content (AvgIpc) is 3.25. The molecule has 0 radical (unpaired) electrons. The van der Waals surface area contributed by atoms with Crippen molar-refractivity contribution < 1.29 is 9.90 Å². The molecule has 0 spiro atoms. The summed E-state index contributed by atoms with van der Waals surface area (Å²) in [6.07, 6.45) is 1.71. The minimum atomic E-state index is -1.78. The molecule has 0 fully saturated rings. The van der Waals surface area contributed by atoms with E-state index >= 15 is 0 Å². The van der Waals surface area contributed by atoms with E-state index in [1.165, 1.54) is 0 Å². The number of aromatic nitrogens is 1. The number of rotatable bonds is 3. The summed E-state index contributed by atoms with van der Waals surface area (Å²) < 4.78 is 0. The van der Waals surface area contributed by atoms with Crippen LogP contribution in [0.15, 0.2) is 72.9 Å². The number of nitrogens with zero attached hydrogens (tertiary/aromatic N) is 1. The zero-order valence-electron chi connectivity index (χ0n) is 15.2. The van der Waals surface area contributed by atoms with Gasteiger partial charge in [0.05, 0.1) is 12.2 Å². The molecule has 2 heterocycles. The van der Waals surface area contributed by atoms with Crippen LogP contribution in [0.4, 0.5) is 5.69 Å². The number of para-hydroxylation sites is 2. The van der Waals surface area contributed by atoms with E-state index in [0.29, 0.717) is 26.9 Å². The molecule has 0 bridgehead atoms. The molecule has 4 nitrogen and oxygen atoms in total. The summed E-state index contributed by atoms with van der Waals surface area (Å²) >= 11 is 12.3. The van der Waals surface area contributed by atoms with Gasteiger partial charge in [0, 0.05) is 38.3 Å². The number of H-pyrrole nitrogens is 1. The third-order valence-corrected chi connectivity index (χ3v) is 6.05. The first-order valence-corrected chi connectivity index (χ1v) is 9.90. The van der Waals surface area contributed by atoms with Crippen LogP contribution in [0.3, 0.4) is 0 Å². The number of amides is 1. The second kappa shape index (κ2) is 6.63. The van der Waals surface area contributed by atoms with Crippen LogP contribution in [0.5, 0.6) is 0 Å². The molecule has 0 unspecified atom stereocenters. The SMILES string of the molecule is O=C1N(Cc2ccc(Cl)cc2Cl)c2ccccc2[C@]1(O)c1c[nH]c2ccccc12. The van der Waals surface area contributed by atoms with Gasteiger partial charge in [-0.2, -0.15) is 0 Å². The first kappa shape index (κ1) is 18.3. The zero-order chi connectivity index (χ0) is 20.2. The highest BCUT2D eigenvalue weighted by molar-refractivity contribution is 6.35. The van der Waals surface area contributed by atoms with Crippen LogP contribution in [0.2, 0.25) is 10.0 Å². The molecule has 4 aromatic rings. The van der Waals surface area contributed by atoms with E-state index in [1.54, 1.807) is 35.4 Å². The summed E-state index contributed by atoms with van der Waals surface area (Å²) in [5, 5.41) is 13.6. The Hall–Kier alpha value is -2.79. The van der Waals surface area contributed by atoms with Gasteiger partial charge < -0.3 is 15.0 Å². The lowest BCUT2D eigenvalue weighted by molar-refractivity contribution is -0.132. The molecule has 1 aliphatic heterocycles. The van der Waals surface area contributed by atoms with Gasteiger partial charge in [-0.15, -0.1) is 0 Å². The van der Waals surface area contributed by atoms with Crippen LogP contribution < -0.4 is 4.90 Å². The predicted molar refractivity (Wildman–Crippen MR) is 115 cm³/mol. The molecular formula is C23H16Cl2N2O2. The molecule has 2 N–H and O–H groups in total. The third-order valence-electron chi connectivity index (χ3n) is 5.46. The van der Waals surface area contributed by atoms with Gasteiger partial charge in [-0.3, -0.25) is 4.79 Å². The van der Waals surface area contributed by atoms with E-state index in [0.717, 1.165) is 16.5 Å². The van der Waals surface area contributed by atoms with Crippen molar-refractivity contribution in [3.05, 3.63) is 99.7 Å². The normalized spacial score (nSPS) is 18.4. The largest absolute Gasteiger partial charge is 0.372 e. The maximum atomic E-state index is 13.6. The van der Waals surface area contributed by atoms with Crippen LogP contribution in [0, 0.1) is 0 Å². The maximum absolute atomic E-state index is 13.6. The second-order valence-corrected chi connectivity index (χ2v) is 7.95. The van der Waals surface area contributed by atoms with Crippen molar-refractivity contribution >= 4 is 45.7 Å². The van der Waals surface area contributed by atoms with Crippen LogP contribution in [0.1, 0.15) is 16.7 Å². The Morgan fingerprint density at radius 1 is 0.966 bits per heavy atom. The van der Waals surface area contributed by atoms with Gasteiger partial charge in [0.15, 0.2) is 5.60 Å². The molecule has 6 heteroatoms. The van der Waals surface area contributed by atoms with Gasteiger partial charge in [0.1, 0.15) is 0 Å². The molecule has 5 rings (SSSR count). The fourth-order valence-corrected chi connectivity index (χ4v) is 4.51. The van der Waals surface area contributed by atoms with Gasteiger partial charge in [-0.1, -0.05) is 65.7 Å². The number of hydrogen-bond acceptors (Lipinski definition) is 2. The highest BCUT2D eigenvalue weighted by Crippen LogP contribution is 2.47. The highest BCUT2D eigenvalue weighted by atomic mass is 35.5. The van der Waals surface area contributed by atoms with Crippen LogP contribution in [-0.4, -0.2) is 16.0 Å². The molecule has 1 aliphatic rings. The molecular weight excluding hydrogens is 407 g/mol. The molecule has 1 aromatic heterocycles. The van der Waals surface area contributed by atoms with Crippen molar-refractivity contribution in [2.75, 3.05) is 4.90 Å². The lowest BCUT2D eigenvalue weighted by Crippen LogP contribution is -2.40. The summed E-state index contributed by atoms with van der Waals surface area (Å²) in [6.45, 7) is 0.233. The number of carbonyl (C=O) groups is 1. The van der Waals surface area contributed by atoms with Crippen molar-refractivity contribution in [2.45, 2.75) is 12.1 Å². The number of halogens is 2. The zero-order valence-corrected chi connectivity index (χ0v) is 16.7. The Balaban J connectivity index is 1.66. The van der Waals surface area contributed by atoms with Gasteiger partial charge in [0.2, 0.25) is 0 Å². The third kappa shape index (κ3) is 2.68. The number of aromatic amines is 1. The number of fused-ring (bicyclic) bond motifs is 2. The minimum absolute atomic E-state index is 0.233. The van der Waals surface area contributed by atoms with Crippen molar-refractivity contribution in [1.82, 2.24) is 4.98 Å². The average molecular weight is 423 g/mol. The van der Waals surface area contributed by atoms with Crippen molar-refractivity contribution in [3.8, 4) is 0 Å². The summed E-state index contributed by atoms with van der Waals surface area (Å²) in [6, 6.07) is 20.1. The van der Waals surface area contributed by atoms with Gasteiger partial charge in [0.25, 0.3) is 5.91 Å². The van der Waals surface area contributed by atoms with Crippen LogP contribution in [-0.2, 0) is 16.9 Å². The Morgan fingerprint density at radius 3 is 2.55 bits per heavy atom. The summed E-state index contributed by atoms with van der Waals surface area (Å²) in [5.41, 5.74) is 1.59. The second-order valence-electron chi connectivity index (χ2n) is 7.10. The first-order valence-electron chi connectivity index (χ1n) is 9.14. The first-order chi connectivity index (χ1) is 14.0. The fraction of sp³-hybridized carbons (Fsp3) is 0.0870. The molecule has 0 saturated carbocycles. The van der Waals surface area contributed by atoms with Crippen molar-refractivity contribution in [3.63, 3.8) is 0 Å². The van der Waals surface area contributed by atoms with E-state index < -0.39 is 11.5 Å². The smallest absolute Gasteiger partial charge is 0.268 e. The lowest BCUT2D eigenvalue weighted by atomic mass is 9.87. The van der Waals surface area contributed by atoms with E-state index in [-0.39, 0.29) is 6.54 Å². The van der Waals surface area contributed by atoms with E-state index in [4.69, 9.17) is 23.2 Å². The molecule has 0 saturated heterocycles. The molecule has 0 aliphatic carbocycles. The Labute approximate surface area is 177 Å².